The Morgan fingerprint density at radius 1 is 1.02 bits per heavy atom. The quantitative estimate of drug-likeness (QED) is 0.250. The van der Waals surface area contributed by atoms with Gasteiger partial charge in [0.15, 0.2) is 30.4 Å². The van der Waals surface area contributed by atoms with E-state index >= 15 is 0 Å². The monoisotopic (exact) mass is 645 g/mol. The number of thiophene rings is 1. The van der Waals surface area contributed by atoms with E-state index in [-0.39, 0.29) is 28.4 Å². The molecule has 42 heavy (non-hydrogen) atoms. The van der Waals surface area contributed by atoms with Gasteiger partial charge in [-0.2, -0.15) is 21.0 Å². The van der Waals surface area contributed by atoms with Crippen molar-refractivity contribution in [3.8, 4) is 17.2 Å². The summed E-state index contributed by atoms with van der Waals surface area (Å²) in [5.74, 6) is 1.14. The first-order valence-electron chi connectivity index (χ1n) is 13.0. The third kappa shape index (κ3) is 5.28. The van der Waals surface area contributed by atoms with E-state index in [0.717, 1.165) is 16.7 Å². The lowest BCUT2D eigenvalue weighted by atomic mass is 10.1. The second kappa shape index (κ2) is 12.2. The first-order valence-corrected chi connectivity index (χ1v) is 13.9. The van der Waals surface area contributed by atoms with E-state index in [1.165, 1.54) is 0 Å². The summed E-state index contributed by atoms with van der Waals surface area (Å²) in [5, 5.41) is 12.1. The smallest absolute Gasteiger partial charge is 0.266 e. The number of rotatable bonds is 8. The Kier molecular flexibility index (Phi) is 8.41. The molecule has 0 atom stereocenters. The van der Waals surface area contributed by atoms with E-state index in [4.69, 9.17) is 14.6 Å². The fourth-order valence-corrected chi connectivity index (χ4v) is 5.72. The van der Waals surface area contributed by atoms with E-state index in [1.807, 2.05) is 57.3 Å². The van der Waals surface area contributed by atoms with Crippen molar-refractivity contribution in [1.82, 2.24) is 19.5 Å². The Balaban J connectivity index is 0.00000353. The normalized spacial score (nSPS) is 10.9. The number of carbonyl (C=O) groups is 1. The van der Waals surface area contributed by atoms with Crippen LogP contribution in [0.5, 0.6) is 11.5 Å². The summed E-state index contributed by atoms with van der Waals surface area (Å²) >= 11 is 1.63. The van der Waals surface area contributed by atoms with Gasteiger partial charge in [-0.1, -0.05) is 0 Å². The highest BCUT2D eigenvalue weighted by molar-refractivity contribution is 7.07. The minimum absolute atomic E-state index is 0. The minimum atomic E-state index is -0.186. The summed E-state index contributed by atoms with van der Waals surface area (Å²) in [4.78, 5) is 26.2. The number of hydrogen-bond acceptors (Lipinski definition) is 6. The number of hydrogen-bond donors (Lipinski definition) is 1. The first kappa shape index (κ1) is 29.0. The summed E-state index contributed by atoms with van der Waals surface area (Å²) in [6.07, 6.45) is 6.29. The molecular weight excluding hydrogens is 618 g/mol. The van der Waals surface area contributed by atoms with Gasteiger partial charge < -0.3 is 31.8 Å². The van der Waals surface area contributed by atoms with Gasteiger partial charge in [0.2, 0.25) is 0 Å². The van der Waals surface area contributed by atoms with E-state index in [0.29, 0.717) is 52.3 Å². The van der Waals surface area contributed by atoms with Gasteiger partial charge in [-0.3, -0.25) is 14.2 Å². The molecule has 0 aliphatic rings. The lowest BCUT2D eigenvalue weighted by molar-refractivity contribution is -0.687. The molecule has 1 N–H and O–H groups in total. The van der Waals surface area contributed by atoms with E-state index in [1.54, 1.807) is 61.4 Å². The molecule has 6 aromatic rings. The highest BCUT2D eigenvalue weighted by Crippen LogP contribution is 2.28. The van der Waals surface area contributed by atoms with E-state index in [2.05, 4.69) is 16.8 Å². The zero-order chi connectivity index (χ0) is 28.5. The lowest BCUT2D eigenvalue weighted by Gasteiger charge is -2.13. The molecule has 9 nitrogen and oxygen atoms in total. The van der Waals surface area contributed by atoms with Gasteiger partial charge in [0.25, 0.3) is 11.5 Å². The maximum atomic E-state index is 14.1. The Labute approximate surface area is 256 Å². The second-order valence-electron chi connectivity index (χ2n) is 9.59. The van der Waals surface area contributed by atoms with Crippen molar-refractivity contribution < 1.29 is 35.8 Å². The van der Waals surface area contributed by atoms with Crippen LogP contribution in [0.25, 0.3) is 22.2 Å². The van der Waals surface area contributed by atoms with Crippen molar-refractivity contribution in [2.75, 3.05) is 21.3 Å². The van der Waals surface area contributed by atoms with Crippen LogP contribution in [0.3, 0.4) is 0 Å². The average Bonchev–Trinajstić information content (AvgIpc) is 3.68. The van der Waals surface area contributed by atoms with E-state index in [9.17, 15) is 9.59 Å². The molecule has 0 bridgehead atoms. The van der Waals surface area contributed by atoms with Gasteiger partial charge >= 0.3 is 0 Å². The average molecular weight is 647 g/mol. The molecule has 6 rings (SSSR count). The van der Waals surface area contributed by atoms with Crippen LogP contribution in [-0.4, -0.2) is 41.4 Å². The lowest BCUT2D eigenvalue weighted by Crippen LogP contribution is -3.00. The second-order valence-corrected chi connectivity index (χ2v) is 10.4. The molecule has 0 unspecified atom stereocenters. The Hall–Kier alpha value is -4.48. The third-order valence-electron chi connectivity index (χ3n) is 7.09. The number of amides is 1. The highest BCUT2D eigenvalue weighted by atomic mass is 79.9. The predicted molar refractivity (Wildman–Crippen MR) is 158 cm³/mol. The fourth-order valence-electron chi connectivity index (χ4n) is 5.05. The number of nitrogens with zero attached hydrogens (tertiary/aromatic N) is 4. The van der Waals surface area contributed by atoms with Crippen LogP contribution in [0.4, 0.5) is 0 Å². The number of halogens is 1. The predicted octanol–water partition coefficient (Wildman–Crippen LogP) is 1.01. The molecule has 0 radical (unpaired) electrons. The molecule has 0 fully saturated rings. The standard InChI is InChI=1S/C31H27N5O4S.BrH/c1-32-29(37)22-5-7-24(8-6-22)35-30-23(14-21-11-13-41-19-21)16-33-36(30)26-18-34(12-10-25(26)31(35)38)17-20-4-9-27(39-2)28(15-20)40-3;/h4-13,15-16,18-19H,14,17H2,1-3H3;1H. The number of methoxy groups -OCH3 is 2. The van der Waals surface area contributed by atoms with Crippen LogP contribution in [-0.2, 0) is 13.0 Å². The van der Waals surface area contributed by atoms with Gasteiger partial charge in [0.1, 0.15) is 11.2 Å². The largest absolute Gasteiger partial charge is 1.00 e. The molecule has 4 aromatic heterocycles. The van der Waals surface area contributed by atoms with Crippen LogP contribution in [0.2, 0.25) is 0 Å². The summed E-state index contributed by atoms with van der Waals surface area (Å²) in [6.45, 7) is 0.560. The van der Waals surface area contributed by atoms with Gasteiger partial charge in [0, 0.05) is 36.2 Å². The van der Waals surface area contributed by atoms with E-state index < -0.39 is 0 Å². The molecule has 0 saturated heterocycles. The maximum absolute atomic E-state index is 14.1. The Morgan fingerprint density at radius 2 is 1.81 bits per heavy atom. The zero-order valence-corrected chi connectivity index (χ0v) is 25.6. The molecule has 0 aliphatic heterocycles. The minimum Gasteiger partial charge on any atom is -1.00 e. The summed E-state index contributed by atoms with van der Waals surface area (Å²) in [7, 11) is 4.82. The molecule has 11 heteroatoms. The summed E-state index contributed by atoms with van der Waals surface area (Å²) in [6, 6.07) is 16.7. The summed E-state index contributed by atoms with van der Waals surface area (Å²) in [5.41, 5.74) is 5.49. The fraction of sp³-hybridized carbons (Fsp3) is 0.161. The Bertz CT molecular complexity index is 1950. The number of benzene rings is 2. The van der Waals surface area contributed by atoms with Crippen LogP contribution in [0.15, 0.2) is 88.7 Å². The van der Waals surface area contributed by atoms with Crippen molar-refractivity contribution in [1.29, 1.82) is 0 Å². The molecular formula is C31H28BrN5O4S. The van der Waals surface area contributed by atoms with Gasteiger partial charge in [-0.15, -0.1) is 0 Å². The molecule has 0 spiro atoms. The van der Waals surface area contributed by atoms with Crippen LogP contribution in [0.1, 0.15) is 27.0 Å². The van der Waals surface area contributed by atoms with Crippen molar-refractivity contribution in [2.24, 2.45) is 0 Å². The zero-order valence-electron chi connectivity index (χ0n) is 23.2. The summed E-state index contributed by atoms with van der Waals surface area (Å²) < 4.78 is 16.4. The molecule has 2 aromatic carbocycles. The van der Waals surface area contributed by atoms with Crippen molar-refractivity contribution in [2.45, 2.75) is 13.0 Å². The SMILES string of the molecule is CNC(=O)c1ccc(-n2c(=O)c3cc[n+](Cc4ccc(OC)c(OC)c4)cc3n3ncc(Cc4ccsc4)c23)cc1.[Br-]. The molecule has 214 valence electrons. The molecule has 1 amide bonds. The van der Waals surface area contributed by atoms with Crippen LogP contribution >= 0.6 is 11.3 Å². The van der Waals surface area contributed by atoms with Gasteiger partial charge in [-0.25, -0.2) is 4.52 Å². The molecule has 0 aliphatic carbocycles. The number of aromatic nitrogens is 4. The van der Waals surface area contributed by atoms with Crippen molar-refractivity contribution in [3.63, 3.8) is 0 Å². The number of pyridine rings is 1. The highest BCUT2D eigenvalue weighted by Gasteiger charge is 2.20. The van der Waals surface area contributed by atoms with Gasteiger partial charge in [-0.05, 0) is 64.9 Å². The number of fused-ring (bicyclic) bond motifs is 3. The number of ether oxygens (including phenoxy) is 2. The molecule has 4 heterocycles. The molecule has 0 saturated carbocycles. The van der Waals surface area contributed by atoms with Crippen molar-refractivity contribution in [3.05, 3.63) is 117 Å². The van der Waals surface area contributed by atoms with Crippen LogP contribution in [0, 0.1) is 0 Å². The van der Waals surface area contributed by atoms with Crippen LogP contribution < -0.4 is 41.9 Å². The topological polar surface area (TPSA) is 90.7 Å². The number of carbonyl (C=O) groups excluding carboxylic acids is 1. The van der Waals surface area contributed by atoms with Gasteiger partial charge in [0.05, 0.1) is 31.5 Å². The first-order chi connectivity index (χ1) is 20.0. The van der Waals surface area contributed by atoms with Crippen molar-refractivity contribution >= 4 is 33.8 Å². The Morgan fingerprint density at radius 3 is 2.50 bits per heavy atom. The maximum Gasteiger partial charge on any atom is 0.266 e. The third-order valence-corrected chi connectivity index (χ3v) is 7.82. The number of nitrogens with one attached hydrogen (secondary N) is 1.